The van der Waals surface area contributed by atoms with Gasteiger partial charge in [-0.25, -0.2) is 13.6 Å². The molecule has 8 heteroatoms. The van der Waals surface area contributed by atoms with Gasteiger partial charge in [0, 0.05) is 31.2 Å². The molecule has 0 radical (unpaired) electrons. The molecule has 0 saturated carbocycles. The number of carbonyl (C=O) groups excluding carboxylic acids is 1. The van der Waals surface area contributed by atoms with Crippen molar-refractivity contribution in [3.05, 3.63) is 52.9 Å². The molecule has 6 nitrogen and oxygen atoms in total. The van der Waals surface area contributed by atoms with Crippen molar-refractivity contribution in [2.75, 3.05) is 0 Å². The number of hydrogen-bond acceptors (Lipinski definition) is 4. The Bertz CT molecular complexity index is 789. The first-order valence-corrected chi connectivity index (χ1v) is 7.78. The third kappa shape index (κ3) is 3.84. The Labute approximate surface area is 141 Å². The van der Waals surface area contributed by atoms with Gasteiger partial charge in [0.25, 0.3) is 11.8 Å². The van der Waals surface area contributed by atoms with Gasteiger partial charge in [-0.2, -0.15) is 0 Å². The molecule has 2 N–H and O–H groups in total. The van der Waals surface area contributed by atoms with Gasteiger partial charge in [-0.15, -0.1) is 0 Å². The second kappa shape index (κ2) is 6.62. The Balaban J connectivity index is 1.77. The van der Waals surface area contributed by atoms with E-state index in [1.54, 1.807) is 30.3 Å². The van der Waals surface area contributed by atoms with Crippen LogP contribution >= 0.6 is 0 Å². The Hall–Kier alpha value is -2.77. The van der Waals surface area contributed by atoms with Crippen LogP contribution in [0.2, 0.25) is 0 Å². The largest absolute Gasteiger partial charge is 0.480 e. The molecule has 0 aliphatic heterocycles. The number of alkyl halides is 2. The number of amides is 1. The van der Waals surface area contributed by atoms with E-state index in [-0.39, 0.29) is 36.3 Å². The summed E-state index contributed by atoms with van der Waals surface area (Å²) in [4.78, 5) is 23.8. The number of halogens is 2. The van der Waals surface area contributed by atoms with E-state index >= 15 is 0 Å². The number of fused-ring (bicyclic) bond motifs is 1. The number of carbonyl (C=O) groups is 2. The van der Waals surface area contributed by atoms with E-state index in [1.165, 1.54) is 0 Å². The fourth-order valence-corrected chi connectivity index (χ4v) is 2.82. The average molecular weight is 350 g/mol. The van der Waals surface area contributed by atoms with Gasteiger partial charge in [0.15, 0.2) is 5.69 Å². The Morgan fingerprint density at radius 2 is 2.04 bits per heavy atom. The van der Waals surface area contributed by atoms with Crippen LogP contribution in [0.5, 0.6) is 0 Å². The van der Waals surface area contributed by atoms with Crippen molar-refractivity contribution in [1.29, 1.82) is 0 Å². The van der Waals surface area contributed by atoms with Crippen LogP contribution in [0.15, 0.2) is 34.9 Å². The van der Waals surface area contributed by atoms with Gasteiger partial charge < -0.3 is 14.9 Å². The highest BCUT2D eigenvalue weighted by Gasteiger charge is 2.39. The Kier molecular flexibility index (Phi) is 4.52. The summed E-state index contributed by atoms with van der Waals surface area (Å²) < 4.78 is 32.1. The molecule has 0 saturated heterocycles. The summed E-state index contributed by atoms with van der Waals surface area (Å²) in [5.74, 6) is -4.72. The van der Waals surface area contributed by atoms with Crippen molar-refractivity contribution in [2.45, 2.75) is 37.6 Å². The van der Waals surface area contributed by atoms with Crippen molar-refractivity contribution < 1.29 is 28.0 Å². The molecular formula is C17H16F2N2O4. The first kappa shape index (κ1) is 17.1. The zero-order chi connectivity index (χ0) is 18.0. The highest BCUT2D eigenvalue weighted by molar-refractivity contribution is 5.96. The van der Waals surface area contributed by atoms with Gasteiger partial charge in [0.2, 0.25) is 0 Å². The minimum atomic E-state index is -2.93. The third-order valence-electron chi connectivity index (χ3n) is 4.12. The summed E-state index contributed by atoms with van der Waals surface area (Å²) >= 11 is 0. The standard InChI is InChI=1S/C17H16F2N2O4/c18-17(19)7-6-13-11(9-17)14(21-25-13)15(22)20-12(16(23)24)8-10-4-2-1-3-5-10/h1-5,12H,6-9H2,(H,20,22)(H,23,24)/t12-/m0/s1. The van der Waals surface area contributed by atoms with Gasteiger partial charge in [-0.3, -0.25) is 4.79 Å². The predicted octanol–water partition coefficient (Wildman–Crippen LogP) is 2.22. The number of carboxylic acids is 1. The van der Waals surface area contributed by atoms with E-state index < -0.39 is 30.3 Å². The van der Waals surface area contributed by atoms with Crippen LogP contribution < -0.4 is 5.32 Å². The summed E-state index contributed by atoms with van der Waals surface area (Å²) in [7, 11) is 0. The average Bonchev–Trinajstić information content (AvgIpc) is 2.96. The molecule has 0 spiro atoms. The van der Waals surface area contributed by atoms with E-state index in [1.807, 2.05) is 0 Å². The normalized spacial score (nSPS) is 16.7. The van der Waals surface area contributed by atoms with Crippen molar-refractivity contribution in [3.63, 3.8) is 0 Å². The van der Waals surface area contributed by atoms with E-state index in [0.29, 0.717) is 0 Å². The van der Waals surface area contributed by atoms with E-state index in [9.17, 15) is 23.5 Å². The smallest absolute Gasteiger partial charge is 0.326 e. The van der Waals surface area contributed by atoms with E-state index in [4.69, 9.17) is 4.52 Å². The lowest BCUT2D eigenvalue weighted by molar-refractivity contribution is -0.139. The zero-order valence-corrected chi connectivity index (χ0v) is 13.2. The minimum absolute atomic E-state index is 0.00497. The molecule has 1 amide bonds. The molecular weight excluding hydrogens is 334 g/mol. The molecule has 1 aromatic heterocycles. The van der Waals surface area contributed by atoms with Gasteiger partial charge >= 0.3 is 5.97 Å². The molecule has 1 aliphatic rings. The Morgan fingerprint density at radius 1 is 1.32 bits per heavy atom. The number of carboxylic acid groups (broad SMARTS) is 1. The number of aryl methyl sites for hydroxylation is 1. The molecule has 1 heterocycles. The maximum absolute atomic E-state index is 13.6. The van der Waals surface area contributed by atoms with E-state index in [0.717, 1.165) is 5.56 Å². The van der Waals surface area contributed by atoms with Crippen LogP contribution in [-0.2, 0) is 24.1 Å². The molecule has 0 bridgehead atoms. The topological polar surface area (TPSA) is 92.4 Å². The minimum Gasteiger partial charge on any atom is -0.480 e. The van der Waals surface area contributed by atoms with Crippen LogP contribution in [0.1, 0.15) is 33.8 Å². The fourth-order valence-electron chi connectivity index (χ4n) is 2.82. The predicted molar refractivity (Wildman–Crippen MR) is 82.5 cm³/mol. The summed E-state index contributed by atoms with van der Waals surface area (Å²) in [5.41, 5.74) is 0.509. The maximum atomic E-state index is 13.6. The van der Waals surface area contributed by atoms with Crippen LogP contribution in [0.4, 0.5) is 8.78 Å². The molecule has 0 unspecified atom stereocenters. The molecule has 0 fully saturated rings. The van der Waals surface area contributed by atoms with Crippen LogP contribution in [-0.4, -0.2) is 34.1 Å². The number of rotatable bonds is 5. The number of nitrogens with zero attached hydrogens (tertiary/aromatic N) is 1. The molecule has 25 heavy (non-hydrogen) atoms. The van der Waals surface area contributed by atoms with E-state index in [2.05, 4.69) is 10.5 Å². The van der Waals surface area contributed by atoms with Crippen LogP contribution in [0.3, 0.4) is 0 Å². The molecule has 132 valence electrons. The summed E-state index contributed by atoms with van der Waals surface area (Å²) in [6, 6.07) is 7.57. The number of aliphatic carboxylic acids is 1. The quantitative estimate of drug-likeness (QED) is 0.863. The highest BCUT2D eigenvalue weighted by atomic mass is 19.3. The number of hydrogen-bond donors (Lipinski definition) is 2. The van der Waals surface area contributed by atoms with Gasteiger partial charge in [0.05, 0.1) is 0 Å². The van der Waals surface area contributed by atoms with Crippen molar-refractivity contribution >= 4 is 11.9 Å². The molecule has 1 atom stereocenters. The zero-order valence-electron chi connectivity index (χ0n) is 13.2. The first-order valence-electron chi connectivity index (χ1n) is 7.78. The van der Waals surface area contributed by atoms with Gasteiger partial charge in [-0.1, -0.05) is 35.5 Å². The van der Waals surface area contributed by atoms with Crippen molar-refractivity contribution in [2.24, 2.45) is 0 Å². The van der Waals surface area contributed by atoms with Crippen molar-refractivity contribution in [1.82, 2.24) is 10.5 Å². The highest BCUT2D eigenvalue weighted by Crippen LogP contribution is 2.34. The van der Waals surface area contributed by atoms with Gasteiger partial charge in [-0.05, 0) is 5.56 Å². The summed E-state index contributed by atoms with van der Waals surface area (Å²) in [5, 5.41) is 15.2. The van der Waals surface area contributed by atoms with Crippen LogP contribution in [0.25, 0.3) is 0 Å². The Morgan fingerprint density at radius 3 is 2.72 bits per heavy atom. The monoisotopic (exact) mass is 350 g/mol. The second-order valence-electron chi connectivity index (χ2n) is 6.02. The molecule has 3 rings (SSSR count). The fraction of sp³-hybridized carbons (Fsp3) is 0.353. The third-order valence-corrected chi connectivity index (χ3v) is 4.12. The maximum Gasteiger partial charge on any atom is 0.326 e. The number of aromatic nitrogens is 1. The van der Waals surface area contributed by atoms with Crippen molar-refractivity contribution in [3.8, 4) is 0 Å². The lowest BCUT2D eigenvalue weighted by atomic mass is 9.93. The molecule has 2 aromatic rings. The van der Waals surface area contributed by atoms with Crippen LogP contribution in [0, 0.1) is 0 Å². The SMILES string of the molecule is O=C(N[C@@H](Cc1ccccc1)C(=O)O)c1noc2c1CC(F)(F)CC2. The number of benzene rings is 1. The summed E-state index contributed by atoms with van der Waals surface area (Å²) in [6.45, 7) is 0. The van der Waals surface area contributed by atoms with Gasteiger partial charge in [0.1, 0.15) is 11.8 Å². The summed E-state index contributed by atoms with van der Waals surface area (Å²) in [6.07, 6.45) is -0.930. The molecule has 1 aromatic carbocycles. The molecule has 1 aliphatic carbocycles. The lowest BCUT2D eigenvalue weighted by Gasteiger charge is -2.20. The number of nitrogens with one attached hydrogen (secondary N) is 1. The lowest BCUT2D eigenvalue weighted by Crippen LogP contribution is -2.43. The first-order chi connectivity index (χ1) is 11.9. The second-order valence-corrected chi connectivity index (χ2v) is 6.02.